The topological polar surface area (TPSA) is 51.8 Å². The summed E-state index contributed by atoms with van der Waals surface area (Å²) in [6, 6.07) is 65.6. The summed E-state index contributed by atoms with van der Waals surface area (Å²) in [7, 11) is 0. The molecule has 0 aliphatic carbocycles. The maximum absolute atomic E-state index is 6.85. The zero-order valence-electron chi connectivity index (χ0n) is 30.1. The molecule has 11 aromatic rings. The Labute approximate surface area is 327 Å². The van der Waals surface area contributed by atoms with Gasteiger partial charge in [-0.05, 0) is 52.1 Å². The van der Waals surface area contributed by atoms with E-state index in [0.29, 0.717) is 17.5 Å². The van der Waals surface area contributed by atoms with Crippen molar-refractivity contribution in [2.45, 2.75) is 0 Å². The Morgan fingerprint density at radius 2 is 0.875 bits per heavy atom. The van der Waals surface area contributed by atoms with E-state index in [9.17, 15) is 0 Å². The van der Waals surface area contributed by atoms with Crippen LogP contribution in [0.25, 0.3) is 110 Å². The highest BCUT2D eigenvalue weighted by Gasteiger charge is 2.21. The largest absolute Gasteiger partial charge is 0.455 e. The molecule has 0 bridgehead atoms. The first kappa shape index (κ1) is 32.2. The number of nitrogens with zero attached hydrogens (tertiary/aromatic N) is 3. The van der Waals surface area contributed by atoms with Crippen LogP contribution < -0.4 is 0 Å². The predicted molar refractivity (Wildman–Crippen MR) is 233 cm³/mol. The Hall–Kier alpha value is -7.21. The molecule has 0 N–H and O–H groups in total. The zero-order chi connectivity index (χ0) is 37.0. The van der Waals surface area contributed by atoms with Gasteiger partial charge in [-0.15, -0.1) is 11.3 Å². The molecule has 5 heteroatoms. The number of para-hydroxylation sites is 1. The van der Waals surface area contributed by atoms with Crippen LogP contribution in [0, 0.1) is 0 Å². The normalized spacial score (nSPS) is 11.6. The van der Waals surface area contributed by atoms with Crippen molar-refractivity contribution in [3.05, 3.63) is 188 Å². The summed E-state index contributed by atoms with van der Waals surface area (Å²) in [5.74, 6) is 1.83. The summed E-state index contributed by atoms with van der Waals surface area (Å²) in [5, 5.41) is 4.49. The summed E-state index contributed by atoms with van der Waals surface area (Å²) in [6.07, 6.45) is 0. The van der Waals surface area contributed by atoms with Crippen LogP contribution in [0.3, 0.4) is 0 Å². The standard InChI is InChI=1S/C51H31N3OS/c1-4-13-32(14-5-1)34-25-27-36(28-26-34)50-52-49(35-17-8-3-9-18-35)53-51(54-50)41-22-11-23-43-46(41)40-21-10-20-39(48(40)55-43)38-19-12-24-45-47(38)42-31-37(29-30-44(42)56-45)33-15-6-2-7-16-33/h1-31H. The van der Waals surface area contributed by atoms with Gasteiger partial charge in [0.15, 0.2) is 17.5 Å². The molecule has 3 heterocycles. The summed E-state index contributed by atoms with van der Waals surface area (Å²) < 4.78 is 9.36. The first-order valence-corrected chi connectivity index (χ1v) is 19.5. The van der Waals surface area contributed by atoms with E-state index in [2.05, 4.69) is 140 Å². The molecule has 0 atom stereocenters. The summed E-state index contributed by atoms with van der Waals surface area (Å²) >= 11 is 1.83. The SMILES string of the molecule is c1ccc(-c2ccc(-c3nc(-c4ccccc4)nc(-c4cccc5oc6c(-c7cccc8sc9ccc(-c%10ccccc%10)cc9c78)cccc6c45)n3)cc2)cc1. The van der Waals surface area contributed by atoms with Gasteiger partial charge in [0.2, 0.25) is 0 Å². The number of thiophene rings is 1. The highest BCUT2D eigenvalue weighted by molar-refractivity contribution is 7.26. The van der Waals surface area contributed by atoms with E-state index in [0.717, 1.165) is 55.3 Å². The maximum atomic E-state index is 6.85. The van der Waals surface area contributed by atoms with Gasteiger partial charge in [0.05, 0.1) is 0 Å². The number of furan rings is 1. The molecule has 0 saturated heterocycles. The molecule has 262 valence electrons. The van der Waals surface area contributed by atoms with Gasteiger partial charge >= 0.3 is 0 Å². The molecule has 0 saturated carbocycles. The van der Waals surface area contributed by atoms with Crippen molar-refractivity contribution in [2.75, 3.05) is 0 Å². The summed E-state index contributed by atoms with van der Waals surface area (Å²) in [4.78, 5) is 15.3. The molecule has 0 radical (unpaired) electrons. The van der Waals surface area contributed by atoms with Crippen molar-refractivity contribution in [3.63, 3.8) is 0 Å². The molecular weight excluding hydrogens is 703 g/mol. The van der Waals surface area contributed by atoms with Crippen molar-refractivity contribution in [1.82, 2.24) is 15.0 Å². The van der Waals surface area contributed by atoms with Gasteiger partial charge in [0.25, 0.3) is 0 Å². The monoisotopic (exact) mass is 733 g/mol. The number of hydrogen-bond acceptors (Lipinski definition) is 5. The Balaban J connectivity index is 1.09. The van der Waals surface area contributed by atoms with Crippen molar-refractivity contribution >= 4 is 53.4 Å². The minimum Gasteiger partial charge on any atom is -0.455 e. The van der Waals surface area contributed by atoms with Crippen molar-refractivity contribution in [2.24, 2.45) is 0 Å². The van der Waals surface area contributed by atoms with Crippen LogP contribution in [0.2, 0.25) is 0 Å². The number of rotatable bonds is 6. The lowest BCUT2D eigenvalue weighted by atomic mass is 9.95. The highest BCUT2D eigenvalue weighted by Crippen LogP contribution is 2.45. The van der Waals surface area contributed by atoms with Gasteiger partial charge in [-0.25, -0.2) is 15.0 Å². The third kappa shape index (κ3) is 5.48. The smallest absolute Gasteiger partial charge is 0.164 e. The Morgan fingerprint density at radius 3 is 1.61 bits per heavy atom. The van der Waals surface area contributed by atoms with Crippen LogP contribution in [0.1, 0.15) is 0 Å². The van der Waals surface area contributed by atoms with Gasteiger partial charge in [0, 0.05) is 53.2 Å². The van der Waals surface area contributed by atoms with Crippen LogP contribution in [-0.4, -0.2) is 15.0 Å². The zero-order valence-corrected chi connectivity index (χ0v) is 30.9. The molecule has 0 spiro atoms. The van der Waals surface area contributed by atoms with Crippen LogP contribution in [0.15, 0.2) is 192 Å². The van der Waals surface area contributed by atoms with Gasteiger partial charge in [-0.3, -0.25) is 0 Å². The first-order chi connectivity index (χ1) is 27.7. The third-order valence-electron chi connectivity index (χ3n) is 10.6. The van der Waals surface area contributed by atoms with Crippen molar-refractivity contribution in [3.8, 4) is 67.5 Å². The summed E-state index contributed by atoms with van der Waals surface area (Å²) in [6.45, 7) is 0. The van der Waals surface area contributed by atoms with Crippen LogP contribution in [0.4, 0.5) is 0 Å². The van der Waals surface area contributed by atoms with E-state index >= 15 is 0 Å². The molecule has 0 unspecified atom stereocenters. The van der Waals surface area contributed by atoms with Gasteiger partial charge in [-0.1, -0.05) is 164 Å². The number of fused-ring (bicyclic) bond motifs is 6. The Kier molecular flexibility index (Phi) is 7.64. The average Bonchev–Trinajstić information content (AvgIpc) is 3.86. The van der Waals surface area contributed by atoms with E-state index in [1.807, 2.05) is 59.9 Å². The molecule has 0 aliphatic heterocycles. The van der Waals surface area contributed by atoms with Crippen LogP contribution >= 0.6 is 11.3 Å². The van der Waals surface area contributed by atoms with E-state index in [4.69, 9.17) is 19.4 Å². The van der Waals surface area contributed by atoms with E-state index in [1.54, 1.807) is 0 Å². The second kappa shape index (κ2) is 13.3. The Morgan fingerprint density at radius 1 is 0.339 bits per heavy atom. The molecular formula is C51H31N3OS. The number of aromatic nitrogens is 3. The molecule has 3 aromatic heterocycles. The molecule has 11 rings (SSSR count). The van der Waals surface area contributed by atoms with Crippen LogP contribution in [-0.2, 0) is 0 Å². The molecule has 56 heavy (non-hydrogen) atoms. The summed E-state index contributed by atoms with van der Waals surface area (Å²) in [5.41, 5.74) is 11.3. The molecule has 0 fully saturated rings. The first-order valence-electron chi connectivity index (χ1n) is 18.7. The lowest BCUT2D eigenvalue weighted by Crippen LogP contribution is -2.00. The van der Waals surface area contributed by atoms with E-state index in [-0.39, 0.29) is 0 Å². The lowest BCUT2D eigenvalue weighted by molar-refractivity contribution is 0.670. The molecule has 8 aromatic carbocycles. The van der Waals surface area contributed by atoms with Gasteiger partial charge in [0.1, 0.15) is 11.2 Å². The van der Waals surface area contributed by atoms with Crippen LogP contribution in [0.5, 0.6) is 0 Å². The minimum atomic E-state index is 0.596. The fraction of sp³-hybridized carbons (Fsp3) is 0. The quantitative estimate of drug-likeness (QED) is 0.171. The fourth-order valence-electron chi connectivity index (χ4n) is 7.89. The Bertz CT molecular complexity index is 3230. The number of hydrogen-bond donors (Lipinski definition) is 0. The predicted octanol–water partition coefficient (Wildman–Crippen LogP) is 14.1. The average molecular weight is 734 g/mol. The maximum Gasteiger partial charge on any atom is 0.164 e. The third-order valence-corrected chi connectivity index (χ3v) is 11.7. The lowest BCUT2D eigenvalue weighted by Gasteiger charge is -2.10. The van der Waals surface area contributed by atoms with Crippen molar-refractivity contribution < 1.29 is 4.42 Å². The molecule has 0 aliphatic rings. The molecule has 0 amide bonds. The van der Waals surface area contributed by atoms with Gasteiger partial charge in [-0.2, -0.15) is 0 Å². The second-order valence-corrected chi connectivity index (χ2v) is 15.0. The molecule has 4 nitrogen and oxygen atoms in total. The van der Waals surface area contributed by atoms with E-state index < -0.39 is 0 Å². The second-order valence-electron chi connectivity index (χ2n) is 13.9. The van der Waals surface area contributed by atoms with Crippen molar-refractivity contribution in [1.29, 1.82) is 0 Å². The van der Waals surface area contributed by atoms with E-state index in [1.165, 1.54) is 36.9 Å². The minimum absolute atomic E-state index is 0.596. The number of benzene rings is 8. The fourth-order valence-corrected chi connectivity index (χ4v) is 9.00. The van der Waals surface area contributed by atoms with Gasteiger partial charge < -0.3 is 4.42 Å². The highest BCUT2D eigenvalue weighted by atomic mass is 32.1.